The number of thioether (sulfide) groups is 1. The minimum absolute atomic E-state index is 0.215. The third kappa shape index (κ3) is 4.75. The fourth-order valence-corrected chi connectivity index (χ4v) is 4.02. The van der Waals surface area contributed by atoms with E-state index in [0.717, 1.165) is 29.5 Å². The van der Waals surface area contributed by atoms with Gasteiger partial charge in [0.05, 0.1) is 19.4 Å². The molecule has 2 aromatic rings. The molecule has 8 heteroatoms. The maximum atomic E-state index is 13.0. The van der Waals surface area contributed by atoms with Gasteiger partial charge in [0.2, 0.25) is 0 Å². The maximum Gasteiger partial charge on any atom is 0.316 e. The molecule has 1 saturated carbocycles. The van der Waals surface area contributed by atoms with E-state index in [0.29, 0.717) is 12.6 Å². The number of hydrogen-bond donors (Lipinski definition) is 1. The molecule has 0 spiro atoms. The molecule has 0 aliphatic heterocycles. The molecule has 0 amide bonds. The summed E-state index contributed by atoms with van der Waals surface area (Å²) in [5, 5.41) is 12.6. The molecule has 0 atom stereocenters. The molecule has 1 aromatic carbocycles. The first kappa shape index (κ1) is 18.7. The molecule has 1 aromatic heterocycles. The Morgan fingerprint density at radius 3 is 2.69 bits per heavy atom. The van der Waals surface area contributed by atoms with Crippen LogP contribution >= 0.6 is 11.8 Å². The largest absolute Gasteiger partial charge is 0.468 e. The van der Waals surface area contributed by atoms with Crippen LogP contribution in [0, 0.1) is 5.82 Å². The molecule has 1 aliphatic carbocycles. The normalized spacial score (nSPS) is 15.0. The van der Waals surface area contributed by atoms with E-state index in [1.54, 1.807) is 12.1 Å². The van der Waals surface area contributed by atoms with Gasteiger partial charge in [-0.3, -0.25) is 4.79 Å². The molecule has 26 heavy (non-hydrogen) atoms. The van der Waals surface area contributed by atoms with E-state index in [9.17, 15) is 9.18 Å². The Labute approximate surface area is 156 Å². The quantitative estimate of drug-likeness (QED) is 0.584. The van der Waals surface area contributed by atoms with E-state index in [4.69, 9.17) is 4.74 Å². The van der Waals surface area contributed by atoms with Crippen LogP contribution in [0.1, 0.15) is 44.0 Å². The second-order valence-corrected chi connectivity index (χ2v) is 7.23. The lowest BCUT2D eigenvalue weighted by Crippen LogP contribution is -2.18. The van der Waals surface area contributed by atoms with Crippen molar-refractivity contribution in [3.05, 3.63) is 35.9 Å². The van der Waals surface area contributed by atoms with Gasteiger partial charge in [0.15, 0.2) is 11.0 Å². The number of aromatic nitrogens is 3. The number of benzene rings is 1. The average molecular weight is 378 g/mol. The summed E-state index contributed by atoms with van der Waals surface area (Å²) in [6.07, 6.45) is 5.82. The SMILES string of the molecule is COC(=O)CSc1nnc(CNc2ccc(F)cc2)n1C1CCCCC1. The van der Waals surface area contributed by atoms with E-state index in [2.05, 4.69) is 20.1 Å². The van der Waals surface area contributed by atoms with Crippen molar-refractivity contribution in [2.75, 3.05) is 18.2 Å². The number of rotatable bonds is 7. The Balaban J connectivity index is 1.75. The van der Waals surface area contributed by atoms with Gasteiger partial charge in [0, 0.05) is 11.7 Å². The first-order chi connectivity index (χ1) is 12.7. The molecule has 1 fully saturated rings. The molecule has 1 N–H and O–H groups in total. The zero-order valence-electron chi connectivity index (χ0n) is 14.8. The first-order valence-corrected chi connectivity index (χ1v) is 9.79. The topological polar surface area (TPSA) is 69.0 Å². The highest BCUT2D eigenvalue weighted by molar-refractivity contribution is 7.99. The molecule has 1 aliphatic rings. The molecule has 1 heterocycles. The summed E-state index contributed by atoms with van der Waals surface area (Å²) in [7, 11) is 1.38. The van der Waals surface area contributed by atoms with Crippen LogP contribution in [0.3, 0.4) is 0 Å². The highest BCUT2D eigenvalue weighted by Gasteiger charge is 2.23. The molecule has 0 saturated heterocycles. The van der Waals surface area contributed by atoms with E-state index in [1.165, 1.54) is 50.3 Å². The fourth-order valence-electron chi connectivity index (χ4n) is 3.16. The summed E-state index contributed by atoms with van der Waals surface area (Å²) < 4.78 is 19.9. The van der Waals surface area contributed by atoms with Crippen LogP contribution in [0.4, 0.5) is 10.1 Å². The Morgan fingerprint density at radius 2 is 2.00 bits per heavy atom. The second kappa shape index (κ2) is 9.02. The third-order valence-electron chi connectivity index (χ3n) is 4.52. The molecular formula is C18H23FN4O2S. The molecule has 6 nitrogen and oxygen atoms in total. The number of methoxy groups -OCH3 is 1. The highest BCUT2D eigenvalue weighted by atomic mass is 32.2. The zero-order valence-corrected chi connectivity index (χ0v) is 15.6. The van der Waals surface area contributed by atoms with Crippen LogP contribution in [-0.2, 0) is 16.1 Å². The number of ether oxygens (including phenoxy) is 1. The van der Waals surface area contributed by atoms with Crippen LogP contribution in [0.15, 0.2) is 29.4 Å². The number of anilines is 1. The van der Waals surface area contributed by atoms with E-state index in [-0.39, 0.29) is 17.5 Å². The average Bonchev–Trinajstić information content (AvgIpc) is 3.09. The van der Waals surface area contributed by atoms with Crippen molar-refractivity contribution < 1.29 is 13.9 Å². The van der Waals surface area contributed by atoms with Crippen molar-refractivity contribution in [3.63, 3.8) is 0 Å². The Kier molecular flexibility index (Phi) is 6.49. The van der Waals surface area contributed by atoms with Crippen LogP contribution < -0.4 is 5.32 Å². The summed E-state index contributed by atoms with van der Waals surface area (Å²) in [6, 6.07) is 6.59. The standard InChI is InChI=1S/C18H23FN4O2S/c1-25-17(24)12-26-18-22-21-16(23(18)15-5-3-2-4-6-15)11-20-14-9-7-13(19)8-10-14/h7-10,15,20H,2-6,11-12H2,1H3. The summed E-state index contributed by atoms with van der Waals surface area (Å²) in [6.45, 7) is 0.494. The maximum absolute atomic E-state index is 13.0. The van der Waals surface area contributed by atoms with Gasteiger partial charge >= 0.3 is 5.97 Å². The van der Waals surface area contributed by atoms with Crippen molar-refractivity contribution >= 4 is 23.4 Å². The van der Waals surface area contributed by atoms with Gasteiger partial charge in [-0.25, -0.2) is 4.39 Å². The molecule has 0 unspecified atom stereocenters. The summed E-state index contributed by atoms with van der Waals surface area (Å²) in [4.78, 5) is 11.5. The van der Waals surface area contributed by atoms with Crippen molar-refractivity contribution in [1.29, 1.82) is 0 Å². The van der Waals surface area contributed by atoms with Gasteiger partial charge in [-0.1, -0.05) is 31.0 Å². The van der Waals surface area contributed by atoms with Gasteiger partial charge in [-0.2, -0.15) is 0 Å². The Hall–Kier alpha value is -2.09. The van der Waals surface area contributed by atoms with Gasteiger partial charge in [-0.05, 0) is 37.1 Å². The van der Waals surface area contributed by atoms with E-state index < -0.39 is 0 Å². The van der Waals surface area contributed by atoms with Gasteiger partial charge in [0.1, 0.15) is 5.82 Å². The molecule has 140 valence electrons. The van der Waals surface area contributed by atoms with Gasteiger partial charge < -0.3 is 14.6 Å². The van der Waals surface area contributed by atoms with Crippen LogP contribution in [-0.4, -0.2) is 33.6 Å². The van der Waals surface area contributed by atoms with Crippen LogP contribution in [0.2, 0.25) is 0 Å². The van der Waals surface area contributed by atoms with E-state index in [1.807, 2.05) is 0 Å². The zero-order chi connectivity index (χ0) is 18.4. The van der Waals surface area contributed by atoms with Gasteiger partial charge in [-0.15, -0.1) is 10.2 Å². The lowest BCUT2D eigenvalue weighted by molar-refractivity contribution is -0.137. The van der Waals surface area contributed by atoms with Crippen molar-refractivity contribution in [3.8, 4) is 0 Å². The summed E-state index contributed by atoms with van der Waals surface area (Å²) in [5.41, 5.74) is 0.827. The number of carbonyl (C=O) groups is 1. The van der Waals surface area contributed by atoms with Crippen molar-refractivity contribution in [2.24, 2.45) is 0 Å². The van der Waals surface area contributed by atoms with Crippen LogP contribution in [0.5, 0.6) is 0 Å². The summed E-state index contributed by atoms with van der Waals surface area (Å²) in [5.74, 6) is 0.502. The predicted molar refractivity (Wildman–Crippen MR) is 98.6 cm³/mol. The minimum Gasteiger partial charge on any atom is -0.468 e. The predicted octanol–water partition coefficient (Wildman–Crippen LogP) is 3.80. The lowest BCUT2D eigenvalue weighted by atomic mass is 9.95. The lowest BCUT2D eigenvalue weighted by Gasteiger charge is -2.25. The number of halogens is 1. The van der Waals surface area contributed by atoms with E-state index >= 15 is 0 Å². The molecular weight excluding hydrogens is 355 g/mol. The highest BCUT2D eigenvalue weighted by Crippen LogP contribution is 2.32. The Bertz CT molecular complexity index is 729. The minimum atomic E-state index is -0.279. The molecule has 0 radical (unpaired) electrons. The fraction of sp³-hybridized carbons (Fsp3) is 0.500. The Morgan fingerprint density at radius 1 is 1.27 bits per heavy atom. The smallest absolute Gasteiger partial charge is 0.316 e. The first-order valence-electron chi connectivity index (χ1n) is 8.80. The summed E-state index contributed by atoms with van der Waals surface area (Å²) >= 11 is 1.36. The number of nitrogens with zero attached hydrogens (tertiary/aromatic N) is 3. The number of carbonyl (C=O) groups excluding carboxylic acids is 1. The monoisotopic (exact) mass is 378 g/mol. The van der Waals surface area contributed by atoms with Gasteiger partial charge in [0.25, 0.3) is 0 Å². The second-order valence-electron chi connectivity index (χ2n) is 6.29. The molecule has 3 rings (SSSR count). The third-order valence-corrected chi connectivity index (χ3v) is 5.43. The van der Waals surface area contributed by atoms with Crippen molar-refractivity contribution in [1.82, 2.24) is 14.8 Å². The number of nitrogens with one attached hydrogen (secondary N) is 1. The van der Waals surface area contributed by atoms with Crippen LogP contribution in [0.25, 0.3) is 0 Å². The number of hydrogen-bond acceptors (Lipinski definition) is 6. The number of esters is 1. The molecule has 0 bridgehead atoms. The van der Waals surface area contributed by atoms with Crippen molar-refractivity contribution in [2.45, 2.75) is 49.8 Å².